The number of carbonyl (C=O) groups excluding carboxylic acids is 1. The smallest absolute Gasteiger partial charge is 0.326 e. The number of β-amino-alcohol motifs (C(OH)–C–C–N with tert-alkyl or cyclic N) is 1. The molecule has 1 amide bonds. The Kier molecular flexibility index (Phi) is 4.11. The SMILES string of the molecule is O=C(O)[C@@H]1CC(O)CN1C(=O)CCc1cccnc1. The molecule has 1 aromatic heterocycles. The number of hydrogen-bond donors (Lipinski definition) is 2. The van der Waals surface area contributed by atoms with Crippen molar-refractivity contribution in [3.63, 3.8) is 0 Å². The lowest BCUT2D eigenvalue weighted by molar-refractivity contribution is -0.148. The van der Waals surface area contributed by atoms with Crippen LogP contribution in [-0.4, -0.2) is 50.7 Å². The topological polar surface area (TPSA) is 90.7 Å². The zero-order valence-electron chi connectivity index (χ0n) is 10.4. The molecule has 0 aromatic carbocycles. The van der Waals surface area contributed by atoms with Gasteiger partial charge in [0, 0.05) is 31.8 Å². The van der Waals surface area contributed by atoms with Crippen LogP contribution in [0.3, 0.4) is 0 Å². The Morgan fingerprint density at radius 2 is 2.26 bits per heavy atom. The van der Waals surface area contributed by atoms with Crippen LogP contribution in [0, 0.1) is 0 Å². The second kappa shape index (κ2) is 5.79. The number of aliphatic hydroxyl groups is 1. The second-order valence-electron chi connectivity index (χ2n) is 4.65. The van der Waals surface area contributed by atoms with Crippen LogP contribution >= 0.6 is 0 Å². The summed E-state index contributed by atoms with van der Waals surface area (Å²) in [5.41, 5.74) is 0.933. The number of hydrogen-bond acceptors (Lipinski definition) is 4. The number of aliphatic hydroxyl groups excluding tert-OH is 1. The maximum absolute atomic E-state index is 12.0. The number of rotatable bonds is 4. The summed E-state index contributed by atoms with van der Waals surface area (Å²) in [4.78, 5) is 28.2. The first-order valence-corrected chi connectivity index (χ1v) is 6.17. The Hall–Kier alpha value is -1.95. The van der Waals surface area contributed by atoms with Crippen LogP contribution in [0.5, 0.6) is 0 Å². The Labute approximate surface area is 110 Å². The van der Waals surface area contributed by atoms with Gasteiger partial charge in [0.25, 0.3) is 0 Å². The van der Waals surface area contributed by atoms with Gasteiger partial charge in [0.05, 0.1) is 6.10 Å². The van der Waals surface area contributed by atoms with Crippen LogP contribution in [0.4, 0.5) is 0 Å². The molecule has 1 saturated heterocycles. The largest absolute Gasteiger partial charge is 0.480 e. The molecule has 2 N–H and O–H groups in total. The molecule has 1 unspecified atom stereocenters. The molecule has 0 bridgehead atoms. The number of amides is 1. The molecule has 6 heteroatoms. The molecule has 0 saturated carbocycles. The quantitative estimate of drug-likeness (QED) is 0.802. The first-order chi connectivity index (χ1) is 9.08. The van der Waals surface area contributed by atoms with E-state index in [4.69, 9.17) is 5.11 Å². The number of aliphatic carboxylic acids is 1. The molecule has 1 aliphatic heterocycles. The number of pyridine rings is 1. The van der Waals surface area contributed by atoms with E-state index in [1.54, 1.807) is 18.5 Å². The maximum atomic E-state index is 12.0. The van der Waals surface area contributed by atoms with Crippen molar-refractivity contribution < 1.29 is 19.8 Å². The minimum absolute atomic E-state index is 0.100. The van der Waals surface area contributed by atoms with Gasteiger partial charge >= 0.3 is 5.97 Å². The highest BCUT2D eigenvalue weighted by molar-refractivity contribution is 5.84. The number of aromatic nitrogens is 1. The van der Waals surface area contributed by atoms with Gasteiger partial charge in [-0.25, -0.2) is 4.79 Å². The maximum Gasteiger partial charge on any atom is 0.326 e. The van der Waals surface area contributed by atoms with E-state index in [1.807, 2.05) is 6.07 Å². The van der Waals surface area contributed by atoms with E-state index in [0.717, 1.165) is 5.56 Å². The van der Waals surface area contributed by atoms with Gasteiger partial charge in [0.1, 0.15) is 6.04 Å². The highest BCUT2D eigenvalue weighted by atomic mass is 16.4. The third kappa shape index (κ3) is 3.29. The number of carboxylic acids is 1. The Morgan fingerprint density at radius 3 is 2.89 bits per heavy atom. The fourth-order valence-electron chi connectivity index (χ4n) is 2.26. The zero-order chi connectivity index (χ0) is 13.8. The standard InChI is InChI=1S/C13H16N2O4/c16-10-6-11(13(18)19)15(8-10)12(17)4-3-9-2-1-5-14-7-9/h1-2,5,7,10-11,16H,3-4,6,8H2,(H,18,19)/t10?,11-/m0/s1. The molecule has 2 rings (SSSR count). The van der Waals surface area contributed by atoms with Crippen molar-refractivity contribution in [2.45, 2.75) is 31.4 Å². The second-order valence-corrected chi connectivity index (χ2v) is 4.65. The Bertz CT molecular complexity index is 463. The van der Waals surface area contributed by atoms with Crippen molar-refractivity contribution in [3.8, 4) is 0 Å². The van der Waals surface area contributed by atoms with Crippen LogP contribution in [0.1, 0.15) is 18.4 Å². The minimum Gasteiger partial charge on any atom is -0.480 e. The van der Waals surface area contributed by atoms with Crippen LogP contribution in [0.2, 0.25) is 0 Å². The van der Waals surface area contributed by atoms with E-state index in [1.165, 1.54) is 4.90 Å². The zero-order valence-corrected chi connectivity index (χ0v) is 10.4. The van der Waals surface area contributed by atoms with Crippen molar-refractivity contribution >= 4 is 11.9 Å². The van der Waals surface area contributed by atoms with Gasteiger partial charge in [0.15, 0.2) is 0 Å². The highest BCUT2D eigenvalue weighted by Gasteiger charge is 2.38. The number of likely N-dealkylation sites (tertiary alicyclic amines) is 1. The van der Waals surface area contributed by atoms with Gasteiger partial charge in [-0.1, -0.05) is 6.07 Å². The van der Waals surface area contributed by atoms with Crippen molar-refractivity contribution in [1.29, 1.82) is 0 Å². The molecular formula is C13H16N2O4. The van der Waals surface area contributed by atoms with Crippen molar-refractivity contribution in [2.24, 2.45) is 0 Å². The van der Waals surface area contributed by atoms with E-state index in [9.17, 15) is 14.7 Å². The summed E-state index contributed by atoms with van der Waals surface area (Å²) in [7, 11) is 0. The Balaban J connectivity index is 1.94. The summed E-state index contributed by atoms with van der Waals surface area (Å²) in [6.45, 7) is 0.100. The lowest BCUT2D eigenvalue weighted by Crippen LogP contribution is -2.40. The summed E-state index contributed by atoms with van der Waals surface area (Å²) in [5.74, 6) is -1.31. The van der Waals surface area contributed by atoms with E-state index in [-0.39, 0.29) is 25.3 Å². The number of carboxylic acid groups (broad SMARTS) is 1. The van der Waals surface area contributed by atoms with Gasteiger partial charge in [-0.15, -0.1) is 0 Å². The predicted octanol–water partition coefficient (Wildman–Crippen LogP) is 0.0606. The molecule has 1 aromatic rings. The summed E-state index contributed by atoms with van der Waals surface area (Å²) in [6.07, 6.45) is 3.44. The first kappa shape index (κ1) is 13.5. The fraction of sp³-hybridized carbons (Fsp3) is 0.462. The molecule has 102 valence electrons. The number of nitrogens with zero attached hydrogens (tertiary/aromatic N) is 2. The lowest BCUT2D eigenvalue weighted by atomic mass is 10.1. The highest BCUT2D eigenvalue weighted by Crippen LogP contribution is 2.19. The number of carbonyl (C=O) groups is 2. The van der Waals surface area contributed by atoms with E-state index >= 15 is 0 Å². The normalized spacial score (nSPS) is 22.5. The summed E-state index contributed by atoms with van der Waals surface area (Å²) in [6, 6.07) is 2.75. The van der Waals surface area contributed by atoms with Gasteiger partial charge < -0.3 is 15.1 Å². The summed E-state index contributed by atoms with van der Waals surface area (Å²) >= 11 is 0. The fourth-order valence-corrected chi connectivity index (χ4v) is 2.26. The van der Waals surface area contributed by atoms with Gasteiger partial charge in [-0.2, -0.15) is 0 Å². The lowest BCUT2D eigenvalue weighted by Gasteiger charge is -2.21. The van der Waals surface area contributed by atoms with Gasteiger partial charge in [-0.3, -0.25) is 9.78 Å². The molecule has 19 heavy (non-hydrogen) atoms. The third-order valence-corrected chi connectivity index (χ3v) is 3.23. The minimum atomic E-state index is -1.06. The molecule has 2 heterocycles. The van der Waals surface area contributed by atoms with Crippen molar-refractivity contribution in [3.05, 3.63) is 30.1 Å². The van der Waals surface area contributed by atoms with Crippen LogP contribution < -0.4 is 0 Å². The molecule has 1 fully saturated rings. The molecular weight excluding hydrogens is 248 g/mol. The average molecular weight is 264 g/mol. The van der Waals surface area contributed by atoms with E-state index < -0.39 is 18.1 Å². The first-order valence-electron chi connectivity index (χ1n) is 6.17. The molecule has 1 aliphatic rings. The molecule has 0 radical (unpaired) electrons. The average Bonchev–Trinajstić information content (AvgIpc) is 2.79. The molecule has 0 spiro atoms. The van der Waals surface area contributed by atoms with Crippen molar-refractivity contribution in [2.75, 3.05) is 6.54 Å². The molecule has 2 atom stereocenters. The van der Waals surface area contributed by atoms with Crippen LogP contribution in [0.15, 0.2) is 24.5 Å². The summed E-state index contributed by atoms with van der Waals surface area (Å²) in [5, 5.41) is 18.5. The van der Waals surface area contributed by atoms with Crippen molar-refractivity contribution in [1.82, 2.24) is 9.88 Å². The molecule has 0 aliphatic carbocycles. The predicted molar refractivity (Wildman–Crippen MR) is 66.3 cm³/mol. The number of aryl methyl sites for hydroxylation is 1. The Morgan fingerprint density at radius 1 is 1.47 bits per heavy atom. The molecule has 6 nitrogen and oxygen atoms in total. The van der Waals surface area contributed by atoms with Gasteiger partial charge in [0.2, 0.25) is 5.91 Å². The van der Waals surface area contributed by atoms with Crippen LogP contribution in [-0.2, 0) is 16.0 Å². The third-order valence-electron chi connectivity index (χ3n) is 3.23. The van der Waals surface area contributed by atoms with E-state index in [0.29, 0.717) is 6.42 Å². The monoisotopic (exact) mass is 264 g/mol. The van der Waals surface area contributed by atoms with Gasteiger partial charge in [-0.05, 0) is 18.1 Å². The van der Waals surface area contributed by atoms with E-state index in [2.05, 4.69) is 4.98 Å². The summed E-state index contributed by atoms with van der Waals surface area (Å²) < 4.78 is 0. The van der Waals surface area contributed by atoms with Crippen LogP contribution in [0.25, 0.3) is 0 Å².